The van der Waals surface area contributed by atoms with Gasteiger partial charge in [0.1, 0.15) is 12.7 Å². The molecular formula is C24H34O10Si. The lowest BCUT2D eigenvalue weighted by Crippen LogP contribution is -2.67. The number of hydrogen-bond donors (Lipinski definition) is 0. The predicted molar refractivity (Wildman–Crippen MR) is 126 cm³/mol. The molecule has 194 valence electrons. The molecule has 5 atom stereocenters. The van der Waals surface area contributed by atoms with Gasteiger partial charge in [-0.1, -0.05) is 49.1 Å². The molecule has 1 fully saturated rings. The molecule has 1 aromatic rings. The minimum atomic E-state index is -1.77. The summed E-state index contributed by atoms with van der Waals surface area (Å²) in [7, 11) is -0.288. The minimum absolute atomic E-state index is 0.337. The maximum atomic E-state index is 12.1. The number of rotatable bonds is 8. The molecule has 0 aromatic heterocycles. The van der Waals surface area contributed by atoms with Crippen molar-refractivity contribution in [3.63, 3.8) is 0 Å². The molecule has 0 N–H and O–H groups in total. The fraction of sp³-hybridized carbons (Fsp3) is 0.583. The number of ether oxygens (including phenoxy) is 6. The van der Waals surface area contributed by atoms with Gasteiger partial charge < -0.3 is 28.4 Å². The zero-order valence-corrected chi connectivity index (χ0v) is 22.4. The molecule has 11 heteroatoms. The highest BCUT2D eigenvalue weighted by molar-refractivity contribution is 6.88. The Morgan fingerprint density at radius 2 is 1.34 bits per heavy atom. The molecule has 0 unspecified atom stereocenters. The van der Waals surface area contributed by atoms with Gasteiger partial charge in [0, 0.05) is 40.4 Å². The van der Waals surface area contributed by atoms with E-state index < -0.39 is 62.2 Å². The van der Waals surface area contributed by atoms with E-state index >= 15 is 0 Å². The van der Waals surface area contributed by atoms with Crippen LogP contribution in [0.5, 0.6) is 0 Å². The summed E-state index contributed by atoms with van der Waals surface area (Å²) in [4.78, 5) is 47.7. The number of carbonyl (C=O) groups is 4. The first kappa shape index (κ1) is 28.5. The lowest BCUT2D eigenvalue weighted by atomic mass is 9.87. The van der Waals surface area contributed by atoms with Crippen LogP contribution in [0.25, 0.3) is 0 Å². The second-order valence-electron chi connectivity index (χ2n) is 9.34. The van der Waals surface area contributed by atoms with Gasteiger partial charge in [-0.25, -0.2) is 0 Å². The van der Waals surface area contributed by atoms with Gasteiger partial charge in [0.25, 0.3) is 0 Å². The van der Waals surface area contributed by atoms with Crippen LogP contribution in [0.4, 0.5) is 0 Å². The Kier molecular flexibility index (Phi) is 9.21. The zero-order valence-electron chi connectivity index (χ0n) is 21.4. The maximum Gasteiger partial charge on any atom is 0.303 e. The van der Waals surface area contributed by atoms with Gasteiger partial charge in [-0.3, -0.25) is 19.2 Å². The Morgan fingerprint density at radius 1 is 0.829 bits per heavy atom. The third-order valence-corrected chi connectivity index (χ3v) is 7.56. The molecule has 0 spiro atoms. The van der Waals surface area contributed by atoms with Crippen molar-refractivity contribution in [2.24, 2.45) is 0 Å². The highest BCUT2D eigenvalue weighted by Gasteiger charge is 2.61. The number of carbonyl (C=O) groups excluding carboxylic acids is 4. The van der Waals surface area contributed by atoms with E-state index in [1.807, 2.05) is 12.1 Å². The highest BCUT2D eigenvalue weighted by atomic mass is 28.3. The van der Waals surface area contributed by atoms with Gasteiger partial charge in [0.05, 0.1) is 8.07 Å². The fourth-order valence-electron chi connectivity index (χ4n) is 3.98. The number of methoxy groups -OCH3 is 1. The molecule has 1 heterocycles. The summed E-state index contributed by atoms with van der Waals surface area (Å²) in [6.45, 7) is 11.0. The average Bonchev–Trinajstić information content (AvgIpc) is 2.74. The van der Waals surface area contributed by atoms with Crippen LogP contribution in [0.3, 0.4) is 0 Å². The summed E-state index contributed by atoms with van der Waals surface area (Å²) in [5, 5.41) is 1.16. The molecule has 1 aliphatic heterocycles. The van der Waals surface area contributed by atoms with Crippen molar-refractivity contribution in [1.29, 1.82) is 0 Å². The highest BCUT2D eigenvalue weighted by Crippen LogP contribution is 2.43. The van der Waals surface area contributed by atoms with E-state index in [-0.39, 0.29) is 6.61 Å². The smallest absolute Gasteiger partial charge is 0.303 e. The van der Waals surface area contributed by atoms with Crippen molar-refractivity contribution in [3.05, 3.63) is 29.8 Å². The molecule has 0 radical (unpaired) electrons. The summed E-state index contributed by atoms with van der Waals surface area (Å²) < 4.78 is 33.8. The molecule has 2 rings (SSSR count). The lowest BCUT2D eigenvalue weighted by molar-refractivity contribution is -0.367. The molecule has 35 heavy (non-hydrogen) atoms. The first-order chi connectivity index (χ1) is 16.2. The van der Waals surface area contributed by atoms with Crippen molar-refractivity contribution >= 4 is 37.1 Å². The third-order valence-electron chi connectivity index (χ3n) is 5.49. The van der Waals surface area contributed by atoms with Crippen molar-refractivity contribution < 1.29 is 47.6 Å². The molecule has 1 saturated heterocycles. The van der Waals surface area contributed by atoms with Gasteiger partial charge in [-0.05, 0) is 0 Å². The van der Waals surface area contributed by atoms with Crippen LogP contribution < -0.4 is 5.19 Å². The summed E-state index contributed by atoms with van der Waals surface area (Å²) in [6, 6.07) is 7.45. The maximum absolute atomic E-state index is 12.1. The Hall–Kier alpha value is -2.76. The van der Waals surface area contributed by atoms with E-state index in [4.69, 9.17) is 28.4 Å². The van der Waals surface area contributed by atoms with Crippen LogP contribution in [0.15, 0.2) is 24.3 Å². The second kappa shape index (κ2) is 11.3. The molecule has 1 aromatic carbocycles. The molecular weight excluding hydrogens is 476 g/mol. The van der Waals surface area contributed by atoms with Crippen LogP contribution >= 0.6 is 0 Å². The Morgan fingerprint density at radius 3 is 1.77 bits per heavy atom. The summed E-state index contributed by atoms with van der Waals surface area (Å²) in [6.07, 6.45) is -5.06. The topological polar surface area (TPSA) is 124 Å². The van der Waals surface area contributed by atoms with E-state index in [0.29, 0.717) is 5.56 Å². The van der Waals surface area contributed by atoms with Crippen LogP contribution in [-0.2, 0) is 53.4 Å². The van der Waals surface area contributed by atoms with Crippen molar-refractivity contribution in [3.8, 4) is 0 Å². The van der Waals surface area contributed by atoms with Crippen LogP contribution in [0.1, 0.15) is 33.3 Å². The number of benzene rings is 1. The minimum Gasteiger partial charge on any atom is -0.463 e. The molecule has 1 aliphatic rings. The van der Waals surface area contributed by atoms with Gasteiger partial charge in [0.15, 0.2) is 12.2 Å². The van der Waals surface area contributed by atoms with E-state index in [0.717, 1.165) is 5.19 Å². The molecule has 0 saturated carbocycles. The molecule has 10 nitrogen and oxygen atoms in total. The second-order valence-corrected chi connectivity index (χ2v) is 14.4. The van der Waals surface area contributed by atoms with Crippen molar-refractivity contribution in [2.75, 3.05) is 13.7 Å². The monoisotopic (exact) mass is 510 g/mol. The first-order valence-electron chi connectivity index (χ1n) is 11.2. The van der Waals surface area contributed by atoms with Gasteiger partial charge in [-0.2, -0.15) is 0 Å². The molecule has 0 aliphatic carbocycles. The first-order valence-corrected chi connectivity index (χ1v) is 14.7. The van der Waals surface area contributed by atoms with E-state index in [1.54, 1.807) is 12.1 Å². The van der Waals surface area contributed by atoms with E-state index in [1.165, 1.54) is 34.8 Å². The normalized spacial score (nSPS) is 26.4. The Labute approximate surface area is 206 Å². The van der Waals surface area contributed by atoms with Crippen molar-refractivity contribution in [1.82, 2.24) is 0 Å². The van der Waals surface area contributed by atoms with Crippen molar-refractivity contribution in [2.45, 2.75) is 77.5 Å². The van der Waals surface area contributed by atoms with Crippen LogP contribution in [0.2, 0.25) is 19.6 Å². The Balaban J connectivity index is 2.72. The Bertz CT molecular complexity index is 939. The van der Waals surface area contributed by atoms with Crippen LogP contribution in [0, 0.1) is 0 Å². The third kappa shape index (κ3) is 6.89. The van der Waals surface area contributed by atoms with Crippen LogP contribution in [-0.4, -0.2) is 70.1 Å². The zero-order chi connectivity index (χ0) is 26.6. The molecule has 0 amide bonds. The van der Waals surface area contributed by atoms with Gasteiger partial charge in [-0.15, -0.1) is 0 Å². The predicted octanol–water partition coefficient (Wildman–Crippen LogP) is 1.79. The molecule has 0 bridgehead atoms. The van der Waals surface area contributed by atoms with Gasteiger partial charge in [0.2, 0.25) is 11.9 Å². The van der Waals surface area contributed by atoms with E-state index in [2.05, 4.69) is 19.6 Å². The fourth-order valence-corrected chi connectivity index (χ4v) is 5.15. The summed E-state index contributed by atoms with van der Waals surface area (Å²) >= 11 is 0. The summed E-state index contributed by atoms with van der Waals surface area (Å²) in [5.41, 5.74) is 0.472. The standard InChI is InChI=1S/C24H34O10Si/c1-14(25)30-13-20-21(31-15(2)26)22(32-16(3)27)23(33-17(4)28)24(29-5,34-20)18-9-11-19(12-10-18)35(6,7)8/h9-12,20-23H,13H2,1-8H3/t20-,21-,22+,23-,24+/m1/s1. The number of hydrogen-bond acceptors (Lipinski definition) is 10. The van der Waals surface area contributed by atoms with Gasteiger partial charge >= 0.3 is 23.9 Å². The SMILES string of the molecule is CO[C@@]1(c2ccc([Si](C)(C)C)cc2)O[C@H](COC(C)=O)[C@@H](OC(C)=O)[C@H](OC(C)=O)[C@H]1OC(C)=O. The summed E-state index contributed by atoms with van der Waals surface area (Å²) in [5.74, 6) is -4.48. The number of esters is 4. The largest absolute Gasteiger partial charge is 0.463 e. The average molecular weight is 511 g/mol. The lowest BCUT2D eigenvalue weighted by Gasteiger charge is -2.50. The quantitative estimate of drug-likeness (QED) is 0.290. The van der Waals surface area contributed by atoms with E-state index in [9.17, 15) is 19.2 Å².